The van der Waals surface area contributed by atoms with Crippen molar-refractivity contribution in [3.8, 4) is 5.75 Å². The van der Waals surface area contributed by atoms with Gasteiger partial charge in [0.05, 0.1) is 18.8 Å². The third kappa shape index (κ3) is 3.37. The van der Waals surface area contributed by atoms with Crippen LogP contribution in [0.2, 0.25) is 0 Å². The third-order valence-electron chi connectivity index (χ3n) is 3.47. The van der Waals surface area contributed by atoms with Gasteiger partial charge in [-0.05, 0) is 43.0 Å². The summed E-state index contributed by atoms with van der Waals surface area (Å²) >= 11 is 0. The summed E-state index contributed by atoms with van der Waals surface area (Å²) in [5.74, 6) is 5.51. The number of methoxy groups -OCH3 is 1. The van der Waals surface area contributed by atoms with Crippen molar-refractivity contribution in [1.82, 2.24) is 10.4 Å². The Morgan fingerprint density at radius 3 is 2.76 bits per heavy atom. The van der Waals surface area contributed by atoms with Crippen molar-refractivity contribution in [2.75, 3.05) is 7.11 Å². The van der Waals surface area contributed by atoms with Gasteiger partial charge in [-0.25, -0.2) is 4.39 Å². The Morgan fingerprint density at radius 1 is 1.38 bits per heavy atom. The fourth-order valence-electron chi connectivity index (χ4n) is 2.42. The van der Waals surface area contributed by atoms with Crippen LogP contribution in [-0.2, 0) is 6.42 Å². The number of hydrazine groups is 1. The molecule has 0 saturated carbocycles. The van der Waals surface area contributed by atoms with Gasteiger partial charge in [-0.15, -0.1) is 0 Å². The molecule has 0 fully saturated rings. The number of nitrogens with one attached hydrogen (secondary N) is 1. The summed E-state index contributed by atoms with van der Waals surface area (Å²) in [5, 5.41) is 0. The van der Waals surface area contributed by atoms with Crippen molar-refractivity contribution in [2.24, 2.45) is 5.84 Å². The molecule has 0 bridgehead atoms. The van der Waals surface area contributed by atoms with Crippen molar-refractivity contribution in [1.29, 1.82) is 0 Å². The van der Waals surface area contributed by atoms with Gasteiger partial charge in [0.15, 0.2) is 11.6 Å². The van der Waals surface area contributed by atoms with Crippen LogP contribution in [0.1, 0.15) is 28.4 Å². The molecule has 5 heteroatoms. The number of nitrogens with zero attached hydrogens (tertiary/aromatic N) is 1. The molecule has 112 valence electrons. The van der Waals surface area contributed by atoms with Crippen LogP contribution in [0.15, 0.2) is 30.5 Å². The fraction of sp³-hybridized carbons (Fsp3) is 0.312. The zero-order valence-electron chi connectivity index (χ0n) is 12.5. The monoisotopic (exact) mass is 289 g/mol. The predicted molar refractivity (Wildman–Crippen MR) is 80.4 cm³/mol. The second-order valence-electron chi connectivity index (χ2n) is 5.07. The molecule has 21 heavy (non-hydrogen) atoms. The standard InChI is InChI=1S/C16H20FN3O/c1-10-7-11(2)16(19-9-10)13(20-18)8-12-5-4-6-14(21-3)15(12)17/h4-7,9,13,20H,8,18H2,1-3H3. The number of benzene rings is 1. The summed E-state index contributed by atoms with van der Waals surface area (Å²) in [7, 11) is 1.45. The smallest absolute Gasteiger partial charge is 0.168 e. The van der Waals surface area contributed by atoms with Crippen LogP contribution in [0.4, 0.5) is 4.39 Å². The van der Waals surface area contributed by atoms with Crippen LogP contribution in [0, 0.1) is 19.7 Å². The SMILES string of the molecule is COc1cccc(CC(NN)c2ncc(C)cc2C)c1F. The van der Waals surface area contributed by atoms with Gasteiger partial charge in [0.1, 0.15) is 0 Å². The first kappa shape index (κ1) is 15.4. The second kappa shape index (κ2) is 6.65. The van der Waals surface area contributed by atoms with E-state index < -0.39 is 0 Å². The van der Waals surface area contributed by atoms with Crippen molar-refractivity contribution < 1.29 is 9.13 Å². The highest BCUT2D eigenvalue weighted by Gasteiger charge is 2.18. The molecule has 2 aromatic rings. The maximum absolute atomic E-state index is 14.2. The van der Waals surface area contributed by atoms with Gasteiger partial charge in [-0.2, -0.15) is 0 Å². The number of nitrogens with two attached hydrogens (primary N) is 1. The van der Waals surface area contributed by atoms with E-state index in [2.05, 4.69) is 10.4 Å². The number of hydrogen-bond acceptors (Lipinski definition) is 4. The molecular weight excluding hydrogens is 269 g/mol. The number of aromatic nitrogens is 1. The molecular formula is C16H20FN3O. The highest BCUT2D eigenvalue weighted by Crippen LogP contribution is 2.25. The average Bonchev–Trinajstić information content (AvgIpc) is 2.47. The second-order valence-corrected chi connectivity index (χ2v) is 5.07. The maximum atomic E-state index is 14.2. The summed E-state index contributed by atoms with van der Waals surface area (Å²) < 4.78 is 19.2. The largest absolute Gasteiger partial charge is 0.494 e. The van der Waals surface area contributed by atoms with Crippen LogP contribution in [0.3, 0.4) is 0 Å². The van der Waals surface area contributed by atoms with Crippen molar-refractivity contribution in [3.05, 3.63) is 58.7 Å². The zero-order valence-corrected chi connectivity index (χ0v) is 12.5. The lowest BCUT2D eigenvalue weighted by Crippen LogP contribution is -2.31. The Labute approximate surface area is 124 Å². The van der Waals surface area contributed by atoms with Crippen LogP contribution < -0.4 is 16.0 Å². The molecule has 0 aliphatic carbocycles. The van der Waals surface area contributed by atoms with Crippen molar-refractivity contribution in [3.63, 3.8) is 0 Å². The van der Waals surface area contributed by atoms with Gasteiger partial charge < -0.3 is 4.74 Å². The summed E-state index contributed by atoms with van der Waals surface area (Å²) in [6.07, 6.45) is 2.19. The van der Waals surface area contributed by atoms with Gasteiger partial charge in [0, 0.05) is 6.20 Å². The lowest BCUT2D eigenvalue weighted by Gasteiger charge is -2.18. The number of ether oxygens (including phenoxy) is 1. The molecule has 0 amide bonds. The van der Waals surface area contributed by atoms with E-state index >= 15 is 0 Å². The number of rotatable bonds is 5. The van der Waals surface area contributed by atoms with E-state index in [1.807, 2.05) is 19.9 Å². The number of pyridine rings is 1. The van der Waals surface area contributed by atoms with E-state index in [0.29, 0.717) is 12.0 Å². The normalized spacial score (nSPS) is 12.2. The van der Waals surface area contributed by atoms with Crippen molar-refractivity contribution >= 4 is 0 Å². The van der Waals surface area contributed by atoms with Crippen LogP contribution >= 0.6 is 0 Å². The molecule has 1 aromatic heterocycles. The van der Waals surface area contributed by atoms with Gasteiger partial charge >= 0.3 is 0 Å². The minimum absolute atomic E-state index is 0.233. The fourth-order valence-corrected chi connectivity index (χ4v) is 2.42. The Balaban J connectivity index is 2.31. The molecule has 0 saturated heterocycles. The Morgan fingerprint density at radius 2 is 2.14 bits per heavy atom. The molecule has 1 aromatic carbocycles. The summed E-state index contributed by atoms with van der Waals surface area (Å²) in [5.41, 5.74) is 6.20. The Bertz CT molecular complexity index is 631. The number of aryl methyl sites for hydroxylation is 2. The van der Waals surface area contributed by atoms with Crippen LogP contribution in [0.5, 0.6) is 5.75 Å². The van der Waals surface area contributed by atoms with Gasteiger partial charge in [0.25, 0.3) is 0 Å². The van der Waals surface area contributed by atoms with E-state index in [4.69, 9.17) is 10.6 Å². The molecule has 4 nitrogen and oxygen atoms in total. The topological polar surface area (TPSA) is 60.2 Å². The predicted octanol–water partition coefficient (Wildman–Crippen LogP) is 2.59. The third-order valence-corrected chi connectivity index (χ3v) is 3.47. The van der Waals surface area contributed by atoms with E-state index in [0.717, 1.165) is 16.8 Å². The van der Waals surface area contributed by atoms with Crippen molar-refractivity contribution in [2.45, 2.75) is 26.3 Å². The average molecular weight is 289 g/mol. The summed E-state index contributed by atoms with van der Waals surface area (Å²) in [6, 6.07) is 6.87. The quantitative estimate of drug-likeness (QED) is 0.656. The van der Waals surface area contributed by atoms with Crippen LogP contribution in [0.25, 0.3) is 0 Å². The van der Waals surface area contributed by atoms with E-state index in [1.165, 1.54) is 7.11 Å². The lowest BCUT2D eigenvalue weighted by atomic mass is 9.99. The Kier molecular flexibility index (Phi) is 4.88. The summed E-state index contributed by atoms with van der Waals surface area (Å²) in [4.78, 5) is 4.42. The molecule has 0 aliphatic rings. The summed E-state index contributed by atoms with van der Waals surface area (Å²) in [6.45, 7) is 3.96. The molecule has 3 N–H and O–H groups in total. The lowest BCUT2D eigenvalue weighted by molar-refractivity contribution is 0.382. The van der Waals surface area contributed by atoms with Gasteiger partial charge in [-0.3, -0.25) is 16.3 Å². The van der Waals surface area contributed by atoms with Crippen LogP contribution in [-0.4, -0.2) is 12.1 Å². The number of halogens is 1. The molecule has 1 unspecified atom stereocenters. The van der Waals surface area contributed by atoms with E-state index in [1.54, 1.807) is 24.4 Å². The van der Waals surface area contributed by atoms with Gasteiger partial charge in [0.2, 0.25) is 0 Å². The molecule has 1 heterocycles. The number of hydrogen-bond donors (Lipinski definition) is 2. The minimum atomic E-state index is -0.356. The maximum Gasteiger partial charge on any atom is 0.168 e. The molecule has 0 radical (unpaired) electrons. The van der Waals surface area contributed by atoms with Gasteiger partial charge in [-0.1, -0.05) is 18.2 Å². The van der Waals surface area contributed by atoms with E-state index in [-0.39, 0.29) is 17.6 Å². The Hall–Kier alpha value is -1.98. The molecule has 2 rings (SSSR count). The first-order valence-electron chi connectivity index (χ1n) is 6.77. The first-order chi connectivity index (χ1) is 10.1. The van der Waals surface area contributed by atoms with E-state index in [9.17, 15) is 4.39 Å². The zero-order chi connectivity index (χ0) is 15.4. The highest BCUT2D eigenvalue weighted by molar-refractivity contribution is 5.33. The molecule has 1 atom stereocenters. The molecule has 0 aliphatic heterocycles. The first-order valence-corrected chi connectivity index (χ1v) is 6.77. The highest BCUT2D eigenvalue weighted by atomic mass is 19.1. The minimum Gasteiger partial charge on any atom is -0.494 e. The molecule has 0 spiro atoms.